The van der Waals surface area contributed by atoms with Gasteiger partial charge in [0, 0.05) is 19.1 Å². The molecule has 2 saturated heterocycles. The standard InChI is InChI=1S/C23H33N3O3S/c1-3-29-21(28)23(11-7-10-18-8-5-4-6-9-18)12-14-26(15-13-23)20(27)19-16-17(2)24-22(30)25-19/h4-6,8-9,17,19H,3,7,10-16H2,1-2H3,(H2,24,25,30)/t17-,19+/m1/s1. The Morgan fingerprint density at radius 1 is 1.20 bits per heavy atom. The Balaban J connectivity index is 1.60. The first-order valence-electron chi connectivity index (χ1n) is 11.0. The number of ether oxygens (including phenoxy) is 1. The van der Waals surface area contributed by atoms with Gasteiger partial charge in [-0.05, 0) is 70.2 Å². The third kappa shape index (κ3) is 5.50. The second kappa shape index (κ2) is 10.2. The van der Waals surface area contributed by atoms with E-state index in [2.05, 4.69) is 22.8 Å². The largest absolute Gasteiger partial charge is 0.466 e. The first-order chi connectivity index (χ1) is 14.4. The number of carbonyl (C=O) groups excluding carboxylic acids is 2. The number of nitrogens with zero attached hydrogens (tertiary/aromatic N) is 1. The van der Waals surface area contributed by atoms with E-state index in [1.807, 2.05) is 36.9 Å². The van der Waals surface area contributed by atoms with Gasteiger partial charge in [-0.1, -0.05) is 30.3 Å². The lowest BCUT2D eigenvalue weighted by atomic mass is 9.74. The van der Waals surface area contributed by atoms with Crippen LogP contribution in [0.3, 0.4) is 0 Å². The molecule has 6 nitrogen and oxygen atoms in total. The minimum atomic E-state index is -0.494. The molecule has 2 heterocycles. The van der Waals surface area contributed by atoms with Crippen molar-refractivity contribution < 1.29 is 14.3 Å². The topological polar surface area (TPSA) is 70.7 Å². The van der Waals surface area contributed by atoms with Crippen LogP contribution in [0.4, 0.5) is 0 Å². The van der Waals surface area contributed by atoms with Gasteiger partial charge in [0.1, 0.15) is 6.04 Å². The van der Waals surface area contributed by atoms with Crippen LogP contribution in [-0.4, -0.2) is 53.7 Å². The number of amides is 1. The molecule has 2 aliphatic heterocycles. The lowest BCUT2D eigenvalue weighted by molar-refractivity contribution is -0.161. The maximum atomic E-state index is 13.0. The number of esters is 1. The summed E-state index contributed by atoms with van der Waals surface area (Å²) in [6, 6.07) is 10.2. The number of rotatable bonds is 7. The maximum absolute atomic E-state index is 13.0. The molecule has 1 aromatic carbocycles. The van der Waals surface area contributed by atoms with Gasteiger partial charge in [-0.3, -0.25) is 9.59 Å². The van der Waals surface area contributed by atoms with E-state index in [0.717, 1.165) is 19.3 Å². The molecule has 0 aromatic heterocycles. The Hall–Kier alpha value is -2.15. The average Bonchev–Trinajstić information content (AvgIpc) is 2.74. The zero-order chi connectivity index (χ0) is 21.6. The lowest BCUT2D eigenvalue weighted by Gasteiger charge is -2.42. The molecular weight excluding hydrogens is 398 g/mol. The molecule has 1 amide bonds. The quantitative estimate of drug-likeness (QED) is 0.511. The van der Waals surface area contributed by atoms with Crippen LogP contribution in [0.15, 0.2) is 30.3 Å². The molecule has 3 rings (SSSR count). The van der Waals surface area contributed by atoms with Crippen molar-refractivity contribution in [3.63, 3.8) is 0 Å². The Kier molecular flexibility index (Phi) is 7.69. The molecule has 30 heavy (non-hydrogen) atoms. The number of nitrogens with one attached hydrogen (secondary N) is 2. The van der Waals surface area contributed by atoms with Crippen molar-refractivity contribution in [2.45, 2.75) is 64.5 Å². The molecule has 2 aliphatic rings. The van der Waals surface area contributed by atoms with Crippen molar-refractivity contribution in [1.29, 1.82) is 0 Å². The van der Waals surface area contributed by atoms with Crippen LogP contribution in [0, 0.1) is 5.41 Å². The zero-order valence-corrected chi connectivity index (χ0v) is 18.8. The predicted octanol–water partition coefficient (Wildman–Crippen LogP) is 2.81. The Morgan fingerprint density at radius 2 is 1.90 bits per heavy atom. The Morgan fingerprint density at radius 3 is 2.53 bits per heavy atom. The number of piperidine rings is 1. The van der Waals surface area contributed by atoms with Crippen molar-refractivity contribution in [1.82, 2.24) is 15.5 Å². The summed E-state index contributed by atoms with van der Waals surface area (Å²) in [5.74, 6) is -0.0348. The highest BCUT2D eigenvalue weighted by Gasteiger charge is 2.44. The number of carbonyl (C=O) groups is 2. The summed E-state index contributed by atoms with van der Waals surface area (Å²) in [6.45, 7) is 5.42. The normalized spacial score (nSPS) is 23.3. The van der Waals surface area contributed by atoms with Crippen LogP contribution in [0.1, 0.15) is 51.5 Å². The minimum Gasteiger partial charge on any atom is -0.466 e. The molecule has 164 valence electrons. The number of benzene rings is 1. The van der Waals surface area contributed by atoms with Crippen LogP contribution >= 0.6 is 12.2 Å². The number of hydrogen-bond donors (Lipinski definition) is 2. The van der Waals surface area contributed by atoms with E-state index in [1.165, 1.54) is 5.56 Å². The summed E-state index contributed by atoms with van der Waals surface area (Å²) < 4.78 is 5.45. The third-order valence-electron chi connectivity index (χ3n) is 6.27. The fourth-order valence-electron chi connectivity index (χ4n) is 4.55. The van der Waals surface area contributed by atoms with E-state index in [1.54, 1.807) is 0 Å². The molecule has 0 radical (unpaired) electrons. The summed E-state index contributed by atoms with van der Waals surface area (Å²) >= 11 is 5.21. The van der Waals surface area contributed by atoms with Crippen LogP contribution in [-0.2, 0) is 20.7 Å². The van der Waals surface area contributed by atoms with E-state index >= 15 is 0 Å². The van der Waals surface area contributed by atoms with Crippen LogP contribution in [0.5, 0.6) is 0 Å². The van der Waals surface area contributed by atoms with Gasteiger partial charge in [0.25, 0.3) is 0 Å². The first kappa shape index (κ1) is 22.5. The Labute approximate surface area is 184 Å². The van der Waals surface area contributed by atoms with Crippen molar-refractivity contribution in [2.24, 2.45) is 5.41 Å². The summed E-state index contributed by atoms with van der Waals surface area (Å²) in [4.78, 5) is 27.8. The van der Waals surface area contributed by atoms with Crippen LogP contribution in [0.2, 0.25) is 0 Å². The number of aryl methyl sites for hydroxylation is 1. The van der Waals surface area contributed by atoms with Crippen molar-refractivity contribution in [3.8, 4) is 0 Å². The fourth-order valence-corrected chi connectivity index (χ4v) is 4.89. The van der Waals surface area contributed by atoms with Gasteiger partial charge in [-0.2, -0.15) is 0 Å². The number of thiocarbonyl (C=S) groups is 1. The van der Waals surface area contributed by atoms with Crippen LogP contribution < -0.4 is 10.6 Å². The molecule has 7 heteroatoms. The maximum Gasteiger partial charge on any atom is 0.312 e. The van der Waals surface area contributed by atoms with E-state index in [9.17, 15) is 9.59 Å². The van der Waals surface area contributed by atoms with E-state index in [4.69, 9.17) is 17.0 Å². The van der Waals surface area contributed by atoms with Gasteiger partial charge >= 0.3 is 5.97 Å². The predicted molar refractivity (Wildman–Crippen MR) is 121 cm³/mol. The van der Waals surface area contributed by atoms with E-state index in [-0.39, 0.29) is 24.0 Å². The Bertz CT molecular complexity index is 747. The monoisotopic (exact) mass is 431 g/mol. The third-order valence-corrected chi connectivity index (χ3v) is 6.51. The summed E-state index contributed by atoms with van der Waals surface area (Å²) in [5.41, 5.74) is 0.789. The highest BCUT2D eigenvalue weighted by Crippen LogP contribution is 2.38. The van der Waals surface area contributed by atoms with Crippen molar-refractivity contribution >= 4 is 29.2 Å². The van der Waals surface area contributed by atoms with Gasteiger partial charge in [0.05, 0.1) is 12.0 Å². The fraction of sp³-hybridized carbons (Fsp3) is 0.609. The van der Waals surface area contributed by atoms with Crippen molar-refractivity contribution in [3.05, 3.63) is 35.9 Å². The highest BCUT2D eigenvalue weighted by molar-refractivity contribution is 7.80. The van der Waals surface area contributed by atoms with Gasteiger partial charge in [0.15, 0.2) is 5.11 Å². The SMILES string of the molecule is CCOC(=O)C1(CCCc2ccccc2)CCN(C(=O)[C@@H]2C[C@@H](C)NC(=S)N2)CC1. The molecule has 0 unspecified atom stereocenters. The van der Waals surface area contributed by atoms with E-state index in [0.29, 0.717) is 44.1 Å². The zero-order valence-electron chi connectivity index (χ0n) is 18.0. The molecule has 2 atom stereocenters. The average molecular weight is 432 g/mol. The van der Waals surface area contributed by atoms with Gasteiger partial charge in [0.2, 0.25) is 5.91 Å². The summed E-state index contributed by atoms with van der Waals surface area (Å²) in [7, 11) is 0. The molecule has 0 spiro atoms. The van der Waals surface area contributed by atoms with Gasteiger partial charge < -0.3 is 20.3 Å². The number of hydrogen-bond acceptors (Lipinski definition) is 4. The van der Waals surface area contributed by atoms with Gasteiger partial charge in [-0.25, -0.2) is 0 Å². The lowest BCUT2D eigenvalue weighted by Crippen LogP contribution is -2.60. The smallest absolute Gasteiger partial charge is 0.312 e. The molecule has 0 saturated carbocycles. The van der Waals surface area contributed by atoms with E-state index < -0.39 is 5.41 Å². The summed E-state index contributed by atoms with van der Waals surface area (Å²) in [5, 5.41) is 6.76. The molecule has 0 bridgehead atoms. The molecular formula is C23H33N3O3S. The van der Waals surface area contributed by atoms with Crippen molar-refractivity contribution in [2.75, 3.05) is 19.7 Å². The van der Waals surface area contributed by atoms with Crippen LogP contribution in [0.25, 0.3) is 0 Å². The molecule has 0 aliphatic carbocycles. The molecule has 2 N–H and O–H groups in total. The first-order valence-corrected chi connectivity index (χ1v) is 11.4. The second-order valence-corrected chi connectivity index (χ2v) is 8.88. The minimum absolute atomic E-state index is 0.0763. The number of likely N-dealkylation sites (tertiary alicyclic amines) is 1. The van der Waals surface area contributed by atoms with Gasteiger partial charge in [-0.15, -0.1) is 0 Å². The highest BCUT2D eigenvalue weighted by atomic mass is 32.1. The molecule has 2 fully saturated rings. The summed E-state index contributed by atoms with van der Waals surface area (Å²) in [6.07, 6.45) is 4.66. The second-order valence-electron chi connectivity index (χ2n) is 8.47. The molecule has 1 aromatic rings.